The highest BCUT2D eigenvalue weighted by molar-refractivity contribution is 6.30. The third-order valence-electron chi connectivity index (χ3n) is 4.82. The lowest BCUT2D eigenvalue weighted by molar-refractivity contribution is -0.123. The van der Waals surface area contributed by atoms with E-state index in [9.17, 15) is 4.79 Å². The van der Waals surface area contributed by atoms with E-state index in [4.69, 9.17) is 21.1 Å². The van der Waals surface area contributed by atoms with E-state index < -0.39 is 0 Å². The summed E-state index contributed by atoms with van der Waals surface area (Å²) >= 11 is 5.90. The fourth-order valence-corrected chi connectivity index (χ4v) is 3.04. The van der Waals surface area contributed by atoms with Crippen molar-refractivity contribution in [3.05, 3.63) is 94.0 Å². The summed E-state index contributed by atoms with van der Waals surface area (Å²) in [5.74, 6) is 1.48. The van der Waals surface area contributed by atoms with Crippen molar-refractivity contribution in [1.29, 1.82) is 0 Å². The van der Waals surface area contributed by atoms with Gasteiger partial charge in [-0.3, -0.25) is 4.79 Å². The van der Waals surface area contributed by atoms with Crippen LogP contribution in [0.3, 0.4) is 0 Å². The minimum absolute atomic E-state index is 0.107. The summed E-state index contributed by atoms with van der Waals surface area (Å²) in [6.07, 6.45) is 1.57. The summed E-state index contributed by atoms with van der Waals surface area (Å²) < 4.78 is 11.5. The van der Waals surface area contributed by atoms with Gasteiger partial charge in [0.05, 0.1) is 6.21 Å². The van der Waals surface area contributed by atoms with Crippen molar-refractivity contribution in [2.24, 2.45) is 5.10 Å². The molecule has 3 aromatic rings. The first-order valence-electron chi connectivity index (χ1n) is 10.4. The van der Waals surface area contributed by atoms with E-state index in [0.29, 0.717) is 29.0 Å². The number of hydrogen-bond donors (Lipinski definition) is 1. The highest BCUT2D eigenvalue weighted by Crippen LogP contribution is 2.24. The number of carbonyl (C=O) groups excluding carboxylic acids is 1. The zero-order valence-corrected chi connectivity index (χ0v) is 19.2. The van der Waals surface area contributed by atoms with Gasteiger partial charge in [0.1, 0.15) is 18.1 Å². The smallest absolute Gasteiger partial charge is 0.277 e. The van der Waals surface area contributed by atoms with Crippen molar-refractivity contribution in [2.45, 2.75) is 33.3 Å². The molecule has 0 aromatic heterocycles. The van der Waals surface area contributed by atoms with Gasteiger partial charge in [-0.2, -0.15) is 5.10 Å². The quantitative estimate of drug-likeness (QED) is 0.327. The van der Waals surface area contributed by atoms with Crippen LogP contribution in [0.25, 0.3) is 0 Å². The van der Waals surface area contributed by atoms with Gasteiger partial charge in [-0.25, -0.2) is 5.43 Å². The Morgan fingerprint density at radius 3 is 2.59 bits per heavy atom. The molecule has 0 heterocycles. The Balaban J connectivity index is 1.49. The van der Waals surface area contributed by atoms with Crippen LogP contribution in [-0.4, -0.2) is 18.7 Å². The third-order valence-corrected chi connectivity index (χ3v) is 5.07. The van der Waals surface area contributed by atoms with Gasteiger partial charge >= 0.3 is 0 Å². The number of ether oxygens (including phenoxy) is 2. The van der Waals surface area contributed by atoms with E-state index in [1.54, 1.807) is 6.21 Å². The first-order valence-corrected chi connectivity index (χ1v) is 10.8. The maximum Gasteiger partial charge on any atom is 0.277 e. The molecule has 0 fully saturated rings. The molecule has 1 amide bonds. The predicted molar refractivity (Wildman–Crippen MR) is 129 cm³/mol. The van der Waals surface area contributed by atoms with Gasteiger partial charge in [0, 0.05) is 5.02 Å². The molecular weight excluding hydrogens is 424 g/mol. The fourth-order valence-electron chi connectivity index (χ4n) is 2.92. The Morgan fingerprint density at radius 1 is 1.06 bits per heavy atom. The number of carbonyl (C=O) groups is 1. The van der Waals surface area contributed by atoms with Gasteiger partial charge in [0.25, 0.3) is 5.91 Å². The summed E-state index contributed by atoms with van der Waals surface area (Å²) in [6, 6.07) is 21.0. The number of hydrogen-bond acceptors (Lipinski definition) is 4. The van der Waals surface area contributed by atoms with Crippen molar-refractivity contribution in [2.75, 3.05) is 6.61 Å². The van der Waals surface area contributed by atoms with Crippen molar-refractivity contribution in [1.82, 2.24) is 5.43 Å². The van der Waals surface area contributed by atoms with Crippen LogP contribution in [0.2, 0.25) is 5.02 Å². The second-order valence-electron chi connectivity index (χ2n) is 7.75. The summed E-state index contributed by atoms with van der Waals surface area (Å²) in [5.41, 5.74) is 6.48. The molecule has 5 nitrogen and oxygen atoms in total. The molecule has 0 unspecified atom stereocenters. The molecule has 0 aliphatic carbocycles. The summed E-state index contributed by atoms with van der Waals surface area (Å²) in [7, 11) is 0. The van der Waals surface area contributed by atoms with Crippen LogP contribution in [0.15, 0.2) is 71.8 Å². The van der Waals surface area contributed by atoms with Crippen LogP contribution >= 0.6 is 11.6 Å². The van der Waals surface area contributed by atoms with Crippen molar-refractivity contribution in [3.63, 3.8) is 0 Å². The third kappa shape index (κ3) is 7.13. The van der Waals surface area contributed by atoms with Crippen LogP contribution in [0, 0.1) is 6.92 Å². The Hall–Kier alpha value is -3.31. The minimum atomic E-state index is -0.328. The Bertz CT molecular complexity index is 1080. The van der Waals surface area contributed by atoms with Gasteiger partial charge < -0.3 is 9.47 Å². The van der Waals surface area contributed by atoms with Crippen LogP contribution in [0.1, 0.15) is 42.0 Å². The maximum atomic E-state index is 12.1. The molecule has 0 atom stereocenters. The minimum Gasteiger partial charge on any atom is -0.489 e. The average Bonchev–Trinajstić information content (AvgIpc) is 2.78. The van der Waals surface area contributed by atoms with Crippen LogP contribution in [0.4, 0.5) is 0 Å². The lowest BCUT2D eigenvalue weighted by Gasteiger charge is -2.12. The standard InChI is InChI=1S/C26H27ClN2O3/c1-18(2)22-10-7-19(3)25(14-22)32-17-26(30)29-28-15-21-5-4-6-24(13-21)31-16-20-8-11-23(27)12-9-20/h4-15,18H,16-17H2,1-3H3,(H,29,30). The second kappa shape index (κ2) is 11.3. The first kappa shape index (κ1) is 23.4. The zero-order chi connectivity index (χ0) is 22.9. The van der Waals surface area contributed by atoms with Gasteiger partial charge in [-0.05, 0) is 65.4 Å². The molecule has 0 radical (unpaired) electrons. The number of nitrogens with one attached hydrogen (secondary N) is 1. The highest BCUT2D eigenvalue weighted by Gasteiger charge is 2.07. The second-order valence-corrected chi connectivity index (χ2v) is 8.19. The molecule has 0 saturated carbocycles. The average molecular weight is 451 g/mol. The molecule has 3 aromatic carbocycles. The number of nitrogens with zero attached hydrogens (tertiary/aromatic N) is 1. The van der Waals surface area contributed by atoms with Crippen LogP contribution < -0.4 is 14.9 Å². The molecule has 0 saturated heterocycles. The molecule has 0 aliphatic rings. The van der Waals surface area contributed by atoms with Crippen LogP contribution in [0.5, 0.6) is 11.5 Å². The summed E-state index contributed by atoms with van der Waals surface area (Å²) in [5, 5.41) is 4.71. The first-order chi connectivity index (χ1) is 15.4. The monoisotopic (exact) mass is 450 g/mol. The van der Waals surface area contributed by atoms with Crippen molar-refractivity contribution >= 4 is 23.7 Å². The molecule has 0 aliphatic heterocycles. The van der Waals surface area contributed by atoms with Gasteiger partial charge in [0.2, 0.25) is 0 Å². The molecule has 6 heteroatoms. The van der Waals surface area contributed by atoms with E-state index in [-0.39, 0.29) is 12.5 Å². The normalized spacial score (nSPS) is 11.0. The molecule has 0 spiro atoms. The van der Waals surface area contributed by atoms with E-state index in [1.165, 1.54) is 5.56 Å². The largest absolute Gasteiger partial charge is 0.489 e. The fraction of sp³-hybridized carbons (Fsp3) is 0.231. The van der Waals surface area contributed by atoms with E-state index in [0.717, 1.165) is 16.7 Å². The number of halogens is 1. The summed E-state index contributed by atoms with van der Waals surface area (Å²) in [6.45, 7) is 6.52. The van der Waals surface area contributed by atoms with E-state index >= 15 is 0 Å². The number of hydrazone groups is 1. The molecule has 1 N–H and O–H groups in total. The van der Waals surface area contributed by atoms with Gasteiger partial charge in [-0.15, -0.1) is 0 Å². The number of benzene rings is 3. The van der Waals surface area contributed by atoms with Gasteiger partial charge in [0.15, 0.2) is 6.61 Å². The van der Waals surface area contributed by atoms with Gasteiger partial charge in [-0.1, -0.05) is 61.8 Å². The predicted octanol–water partition coefficient (Wildman–Crippen LogP) is 5.88. The highest BCUT2D eigenvalue weighted by atomic mass is 35.5. The van der Waals surface area contributed by atoms with E-state index in [1.807, 2.05) is 67.6 Å². The molecule has 3 rings (SSSR count). The molecular formula is C26H27ClN2O3. The maximum absolute atomic E-state index is 12.1. The molecule has 0 bridgehead atoms. The Labute approximate surface area is 194 Å². The summed E-state index contributed by atoms with van der Waals surface area (Å²) in [4.78, 5) is 12.1. The topological polar surface area (TPSA) is 59.9 Å². The number of rotatable bonds is 9. The lowest BCUT2D eigenvalue weighted by atomic mass is 10.0. The lowest BCUT2D eigenvalue weighted by Crippen LogP contribution is -2.24. The number of amides is 1. The number of aryl methyl sites for hydroxylation is 1. The molecule has 32 heavy (non-hydrogen) atoms. The van der Waals surface area contributed by atoms with E-state index in [2.05, 4.69) is 30.4 Å². The zero-order valence-electron chi connectivity index (χ0n) is 18.5. The Kier molecular flexibility index (Phi) is 8.28. The Morgan fingerprint density at radius 2 is 1.84 bits per heavy atom. The van der Waals surface area contributed by atoms with Crippen molar-refractivity contribution < 1.29 is 14.3 Å². The van der Waals surface area contributed by atoms with Crippen LogP contribution in [-0.2, 0) is 11.4 Å². The van der Waals surface area contributed by atoms with Crippen molar-refractivity contribution in [3.8, 4) is 11.5 Å². The SMILES string of the molecule is Cc1ccc(C(C)C)cc1OCC(=O)NN=Cc1cccc(OCc2ccc(Cl)cc2)c1. The molecule has 166 valence electrons.